The first kappa shape index (κ1) is 12.1. The second-order valence-electron chi connectivity index (χ2n) is 3.13. The van der Waals surface area contributed by atoms with Crippen LogP contribution in [0.15, 0.2) is 15.9 Å². The molecule has 1 rings (SSSR count). The Morgan fingerprint density at radius 3 is 3.07 bits per heavy atom. The molecule has 1 atom stereocenters. The molecule has 82 valence electrons. The van der Waals surface area contributed by atoms with Crippen LogP contribution in [0.4, 0.5) is 0 Å². The first-order chi connectivity index (χ1) is 7.26. The van der Waals surface area contributed by atoms with Crippen LogP contribution in [0.1, 0.15) is 19.0 Å². The maximum absolute atomic E-state index is 8.80. The van der Waals surface area contributed by atoms with E-state index in [1.807, 2.05) is 13.8 Å². The van der Waals surface area contributed by atoms with Gasteiger partial charge in [-0.1, -0.05) is 18.7 Å². The summed E-state index contributed by atoms with van der Waals surface area (Å²) in [7, 11) is 0. The molecule has 5 heteroatoms. The Balaban J connectivity index is 2.24. The highest BCUT2D eigenvalue weighted by molar-refractivity contribution is 7.99. The van der Waals surface area contributed by atoms with Crippen LogP contribution in [0.3, 0.4) is 0 Å². The van der Waals surface area contributed by atoms with Crippen LogP contribution in [0.25, 0.3) is 0 Å². The van der Waals surface area contributed by atoms with E-state index in [0.29, 0.717) is 5.22 Å². The number of nitrogens with zero attached hydrogens (tertiary/aromatic N) is 2. The molecule has 0 bridgehead atoms. The van der Waals surface area contributed by atoms with Gasteiger partial charge in [-0.15, -0.1) is 0 Å². The predicted molar refractivity (Wildman–Crippen MR) is 59.7 cm³/mol. The number of oxazole rings is 1. The molecule has 1 N–H and O–H groups in total. The first-order valence-electron chi connectivity index (χ1n) is 4.94. The van der Waals surface area contributed by atoms with E-state index in [1.165, 1.54) is 0 Å². The molecule has 1 aromatic rings. The Hall–Kier alpha value is -0.990. The number of aromatic nitrogens is 1. The molecule has 15 heavy (non-hydrogen) atoms. The van der Waals surface area contributed by atoms with Crippen molar-refractivity contribution >= 4 is 11.8 Å². The lowest BCUT2D eigenvalue weighted by atomic mass is 10.2. The number of rotatable bonds is 6. The number of hydrogen-bond donors (Lipinski definition) is 1. The smallest absolute Gasteiger partial charge is 0.255 e. The van der Waals surface area contributed by atoms with Crippen molar-refractivity contribution in [3.8, 4) is 6.07 Å². The molecule has 0 aromatic carbocycles. The van der Waals surface area contributed by atoms with E-state index in [-0.39, 0.29) is 6.04 Å². The van der Waals surface area contributed by atoms with Gasteiger partial charge >= 0.3 is 0 Å². The van der Waals surface area contributed by atoms with Crippen molar-refractivity contribution in [2.75, 3.05) is 12.3 Å². The SMILES string of the molecule is CCNC(C#N)CCSc1nc(C)co1. The summed E-state index contributed by atoms with van der Waals surface area (Å²) >= 11 is 1.54. The third-order valence-electron chi connectivity index (χ3n) is 1.84. The molecule has 1 aromatic heterocycles. The van der Waals surface area contributed by atoms with Crippen LogP contribution < -0.4 is 5.32 Å². The fourth-order valence-corrected chi connectivity index (χ4v) is 1.97. The van der Waals surface area contributed by atoms with Crippen LogP contribution in [0, 0.1) is 18.3 Å². The van der Waals surface area contributed by atoms with Gasteiger partial charge in [0.05, 0.1) is 17.8 Å². The molecular weight excluding hydrogens is 210 g/mol. The molecule has 0 aliphatic heterocycles. The van der Waals surface area contributed by atoms with Crippen LogP contribution in [0.5, 0.6) is 0 Å². The Morgan fingerprint density at radius 1 is 1.73 bits per heavy atom. The number of nitriles is 1. The van der Waals surface area contributed by atoms with Gasteiger partial charge < -0.3 is 9.73 Å². The number of thioether (sulfide) groups is 1. The summed E-state index contributed by atoms with van der Waals surface area (Å²) in [5, 5.41) is 12.6. The molecule has 4 nitrogen and oxygen atoms in total. The molecule has 0 fully saturated rings. The summed E-state index contributed by atoms with van der Waals surface area (Å²) in [6, 6.07) is 2.15. The van der Waals surface area contributed by atoms with Crippen molar-refractivity contribution in [1.82, 2.24) is 10.3 Å². The zero-order valence-electron chi connectivity index (χ0n) is 8.99. The highest BCUT2D eigenvalue weighted by Crippen LogP contribution is 2.17. The fraction of sp³-hybridized carbons (Fsp3) is 0.600. The van der Waals surface area contributed by atoms with Gasteiger partial charge in [-0.25, -0.2) is 4.98 Å². The molecule has 0 aliphatic carbocycles. The van der Waals surface area contributed by atoms with Crippen LogP contribution in [0.2, 0.25) is 0 Å². The second-order valence-corrected chi connectivity index (χ2v) is 4.18. The van der Waals surface area contributed by atoms with Crippen LogP contribution in [-0.2, 0) is 0 Å². The van der Waals surface area contributed by atoms with E-state index in [0.717, 1.165) is 24.4 Å². The maximum atomic E-state index is 8.80. The lowest BCUT2D eigenvalue weighted by Crippen LogP contribution is -2.27. The van der Waals surface area contributed by atoms with E-state index in [2.05, 4.69) is 16.4 Å². The highest BCUT2D eigenvalue weighted by atomic mass is 32.2. The summed E-state index contributed by atoms with van der Waals surface area (Å²) in [5.74, 6) is 0.838. The van der Waals surface area contributed by atoms with E-state index in [4.69, 9.17) is 9.68 Å². The van der Waals surface area contributed by atoms with Crippen molar-refractivity contribution in [2.45, 2.75) is 31.5 Å². The molecule has 0 aliphatic rings. The van der Waals surface area contributed by atoms with Gasteiger partial charge in [0.2, 0.25) is 0 Å². The molecule has 1 heterocycles. The van der Waals surface area contributed by atoms with Crippen molar-refractivity contribution in [3.05, 3.63) is 12.0 Å². The van der Waals surface area contributed by atoms with Gasteiger partial charge in [-0.2, -0.15) is 5.26 Å². The average Bonchev–Trinajstić information content (AvgIpc) is 2.63. The highest BCUT2D eigenvalue weighted by Gasteiger charge is 2.07. The lowest BCUT2D eigenvalue weighted by molar-refractivity contribution is 0.453. The first-order valence-corrected chi connectivity index (χ1v) is 5.92. The van der Waals surface area contributed by atoms with Crippen LogP contribution in [-0.4, -0.2) is 23.3 Å². The normalized spacial score (nSPS) is 12.3. The van der Waals surface area contributed by atoms with Crippen LogP contribution >= 0.6 is 11.8 Å². The third-order valence-corrected chi connectivity index (χ3v) is 2.71. The minimum atomic E-state index is -0.0708. The minimum absolute atomic E-state index is 0.0708. The zero-order chi connectivity index (χ0) is 11.1. The third kappa shape index (κ3) is 4.36. The van der Waals surface area contributed by atoms with Gasteiger partial charge in [0.25, 0.3) is 5.22 Å². The van der Waals surface area contributed by atoms with Crippen molar-refractivity contribution < 1.29 is 4.42 Å². The molecule has 0 spiro atoms. The minimum Gasteiger partial charge on any atom is -0.440 e. The average molecular weight is 225 g/mol. The Morgan fingerprint density at radius 2 is 2.53 bits per heavy atom. The maximum Gasteiger partial charge on any atom is 0.255 e. The van der Waals surface area contributed by atoms with E-state index in [1.54, 1.807) is 18.0 Å². The van der Waals surface area contributed by atoms with Gasteiger partial charge in [0.1, 0.15) is 6.26 Å². The Bertz CT molecular complexity index is 332. The largest absolute Gasteiger partial charge is 0.440 e. The fourth-order valence-electron chi connectivity index (χ4n) is 1.12. The van der Waals surface area contributed by atoms with Gasteiger partial charge in [0.15, 0.2) is 0 Å². The van der Waals surface area contributed by atoms with Gasteiger partial charge in [-0.05, 0) is 19.9 Å². The quantitative estimate of drug-likeness (QED) is 0.750. The molecule has 0 saturated carbocycles. The number of hydrogen-bond acceptors (Lipinski definition) is 5. The second kappa shape index (κ2) is 6.49. The van der Waals surface area contributed by atoms with Gasteiger partial charge in [0, 0.05) is 5.75 Å². The van der Waals surface area contributed by atoms with E-state index < -0.39 is 0 Å². The van der Waals surface area contributed by atoms with Crippen molar-refractivity contribution in [3.63, 3.8) is 0 Å². The molecule has 1 unspecified atom stereocenters. The predicted octanol–water partition coefficient (Wildman–Crippen LogP) is 1.97. The Kier molecular flexibility index (Phi) is 5.22. The van der Waals surface area contributed by atoms with Gasteiger partial charge in [-0.3, -0.25) is 0 Å². The number of aryl methyl sites for hydroxylation is 1. The Labute approximate surface area is 94.1 Å². The summed E-state index contributed by atoms with van der Waals surface area (Å²) in [6.07, 6.45) is 2.44. The van der Waals surface area contributed by atoms with Crippen molar-refractivity contribution in [1.29, 1.82) is 5.26 Å². The summed E-state index contributed by atoms with van der Waals surface area (Å²) in [5.41, 5.74) is 0.890. The molecule has 0 amide bonds. The number of nitrogens with one attached hydrogen (secondary N) is 1. The zero-order valence-corrected chi connectivity index (χ0v) is 9.80. The summed E-state index contributed by atoms with van der Waals surface area (Å²) < 4.78 is 5.19. The van der Waals surface area contributed by atoms with Crippen molar-refractivity contribution in [2.24, 2.45) is 0 Å². The monoisotopic (exact) mass is 225 g/mol. The lowest BCUT2D eigenvalue weighted by Gasteiger charge is -2.07. The summed E-state index contributed by atoms with van der Waals surface area (Å²) in [6.45, 7) is 4.71. The molecular formula is C10H15N3OS. The molecule has 0 saturated heterocycles. The summed E-state index contributed by atoms with van der Waals surface area (Å²) in [4.78, 5) is 4.17. The van der Waals surface area contributed by atoms with E-state index in [9.17, 15) is 0 Å². The standard InChI is InChI=1S/C10H15N3OS/c1-3-12-9(6-11)4-5-15-10-13-8(2)7-14-10/h7,9,12H,3-5H2,1-2H3. The molecule has 0 radical (unpaired) electrons. The van der Waals surface area contributed by atoms with E-state index >= 15 is 0 Å². The topological polar surface area (TPSA) is 61.9 Å².